The van der Waals surface area contributed by atoms with Crippen LogP contribution in [0.15, 0.2) is 67.3 Å². The number of hydrogen-bond acceptors (Lipinski definition) is 9. The molecule has 13 heteroatoms. The van der Waals surface area contributed by atoms with Gasteiger partial charge in [0.05, 0.1) is 17.3 Å². The molecule has 0 bridgehead atoms. The van der Waals surface area contributed by atoms with Crippen molar-refractivity contribution in [2.75, 3.05) is 18.4 Å². The molecule has 1 saturated heterocycles. The number of piperidine rings is 1. The van der Waals surface area contributed by atoms with Crippen LogP contribution in [0.25, 0.3) is 11.3 Å². The van der Waals surface area contributed by atoms with Crippen LogP contribution in [-0.2, 0) is 11.3 Å². The van der Waals surface area contributed by atoms with Crippen molar-refractivity contribution >= 4 is 17.2 Å². The summed E-state index contributed by atoms with van der Waals surface area (Å²) in [5.41, 5.74) is 1.03. The van der Waals surface area contributed by atoms with E-state index < -0.39 is 34.7 Å². The smallest absolute Gasteiger partial charge is 0.228 e. The topological polar surface area (TPSA) is 137 Å². The van der Waals surface area contributed by atoms with Crippen molar-refractivity contribution in [3.8, 4) is 22.9 Å². The standard InChI is InChI=1S/C26H25F2N7O3S/c27-22-19(24(35-39(36)37)16-4-1-10-29-14-16)7-8-21(23(22)28)38-25-18(6-3-12-31-25)20-9-13-32-26(34-20)33-17-5-2-11-30-15-17/h1,3-4,6-10,12-14,17,24,30,35H,2,5,11,15H2,(H,36,37)(H,32,33,34)/p-1/t17-,24-/m0/s1. The fraction of sp³-hybridized carbons (Fsp3) is 0.231. The van der Waals surface area contributed by atoms with E-state index in [0.717, 1.165) is 25.9 Å². The Bertz CT molecular complexity index is 1460. The molecule has 202 valence electrons. The molecule has 0 radical (unpaired) electrons. The normalized spacial score (nSPS) is 16.8. The number of rotatable bonds is 9. The summed E-state index contributed by atoms with van der Waals surface area (Å²) in [6, 6.07) is 9.62. The van der Waals surface area contributed by atoms with Crippen LogP contribution in [0.3, 0.4) is 0 Å². The van der Waals surface area contributed by atoms with Crippen LogP contribution in [0.1, 0.15) is 30.0 Å². The highest BCUT2D eigenvalue weighted by Gasteiger charge is 2.24. The van der Waals surface area contributed by atoms with Gasteiger partial charge < -0.3 is 19.9 Å². The van der Waals surface area contributed by atoms with E-state index >= 15 is 8.78 Å². The van der Waals surface area contributed by atoms with Gasteiger partial charge in [-0.3, -0.25) is 9.19 Å². The maximum absolute atomic E-state index is 15.3. The zero-order chi connectivity index (χ0) is 27.2. The molecule has 1 aromatic carbocycles. The molecule has 0 spiro atoms. The van der Waals surface area contributed by atoms with Gasteiger partial charge in [0.15, 0.2) is 11.6 Å². The van der Waals surface area contributed by atoms with Gasteiger partial charge in [0.2, 0.25) is 17.6 Å². The van der Waals surface area contributed by atoms with Crippen LogP contribution < -0.4 is 20.1 Å². The molecular weight excluding hydrogens is 528 g/mol. The molecule has 10 nitrogen and oxygen atoms in total. The van der Waals surface area contributed by atoms with Gasteiger partial charge in [-0.15, -0.1) is 0 Å². The summed E-state index contributed by atoms with van der Waals surface area (Å²) in [6.07, 6.45) is 7.94. The fourth-order valence-electron chi connectivity index (χ4n) is 4.31. The highest BCUT2D eigenvalue weighted by molar-refractivity contribution is 7.77. The molecule has 5 rings (SSSR count). The molecule has 3 atom stereocenters. The summed E-state index contributed by atoms with van der Waals surface area (Å²) >= 11 is -2.76. The van der Waals surface area contributed by atoms with Gasteiger partial charge in [-0.25, -0.2) is 24.1 Å². The molecule has 39 heavy (non-hydrogen) atoms. The van der Waals surface area contributed by atoms with Gasteiger partial charge in [-0.05, 0) is 55.3 Å². The first kappa shape index (κ1) is 26.7. The van der Waals surface area contributed by atoms with E-state index in [-0.39, 0.29) is 17.5 Å². The molecule has 1 aliphatic rings. The molecule has 3 N–H and O–H groups in total. The van der Waals surface area contributed by atoms with Crippen LogP contribution >= 0.6 is 0 Å². The first-order chi connectivity index (χ1) is 19.0. The van der Waals surface area contributed by atoms with Crippen LogP contribution in [-0.4, -0.2) is 47.8 Å². The molecule has 1 unspecified atom stereocenters. The summed E-state index contributed by atoms with van der Waals surface area (Å²) in [5, 5.41) is 6.64. The quantitative estimate of drug-likeness (QED) is 0.266. The third kappa shape index (κ3) is 6.40. The first-order valence-electron chi connectivity index (χ1n) is 12.2. The fourth-order valence-corrected chi connectivity index (χ4v) is 4.77. The zero-order valence-electron chi connectivity index (χ0n) is 20.5. The molecule has 3 aromatic heterocycles. The summed E-state index contributed by atoms with van der Waals surface area (Å²) in [6.45, 7) is 1.78. The molecular formula is C26H24F2N7O3S-. The summed E-state index contributed by atoms with van der Waals surface area (Å²) in [7, 11) is 0. The third-order valence-electron chi connectivity index (χ3n) is 6.16. The van der Waals surface area contributed by atoms with E-state index in [1.54, 1.807) is 36.5 Å². The minimum absolute atomic E-state index is 0.00938. The van der Waals surface area contributed by atoms with Crippen molar-refractivity contribution in [3.05, 3.63) is 90.0 Å². The second-order valence-electron chi connectivity index (χ2n) is 8.76. The van der Waals surface area contributed by atoms with Crippen LogP contribution in [0.5, 0.6) is 11.6 Å². The monoisotopic (exact) mass is 552 g/mol. The van der Waals surface area contributed by atoms with Crippen molar-refractivity contribution in [2.45, 2.75) is 24.9 Å². The van der Waals surface area contributed by atoms with E-state index in [9.17, 15) is 8.76 Å². The van der Waals surface area contributed by atoms with Crippen molar-refractivity contribution in [2.24, 2.45) is 0 Å². The molecule has 4 heterocycles. The van der Waals surface area contributed by atoms with E-state index in [1.165, 1.54) is 30.7 Å². The Morgan fingerprint density at radius 3 is 2.72 bits per heavy atom. The number of ether oxygens (including phenoxy) is 1. The molecule has 1 fully saturated rings. The average molecular weight is 553 g/mol. The van der Waals surface area contributed by atoms with Crippen molar-refractivity contribution < 1.29 is 22.3 Å². The second-order valence-corrected chi connectivity index (χ2v) is 9.47. The lowest BCUT2D eigenvalue weighted by Gasteiger charge is -2.23. The second kappa shape index (κ2) is 12.3. The predicted molar refractivity (Wildman–Crippen MR) is 139 cm³/mol. The largest absolute Gasteiger partial charge is 0.760 e. The predicted octanol–water partition coefficient (Wildman–Crippen LogP) is 3.64. The SMILES string of the molecule is O=S([O-])N[C@@H](c1cccnc1)c1ccc(Oc2ncccc2-c2ccnc(N[C@H]3CCCNC3)n2)c(F)c1F. The van der Waals surface area contributed by atoms with Crippen LogP contribution in [0.2, 0.25) is 0 Å². The number of aromatic nitrogens is 4. The Balaban J connectivity index is 1.42. The summed E-state index contributed by atoms with van der Waals surface area (Å²) < 4.78 is 61.2. The molecule has 1 aliphatic heterocycles. The van der Waals surface area contributed by atoms with E-state index in [1.807, 2.05) is 0 Å². The van der Waals surface area contributed by atoms with Gasteiger partial charge in [-0.1, -0.05) is 12.1 Å². The highest BCUT2D eigenvalue weighted by Crippen LogP contribution is 2.35. The van der Waals surface area contributed by atoms with Gasteiger partial charge in [0.1, 0.15) is 0 Å². The lowest BCUT2D eigenvalue weighted by atomic mass is 10.00. The minimum atomic E-state index is -2.76. The number of halogens is 2. The van der Waals surface area contributed by atoms with Gasteiger partial charge in [0, 0.05) is 54.2 Å². The summed E-state index contributed by atoms with van der Waals surface area (Å²) in [4.78, 5) is 17.0. The van der Waals surface area contributed by atoms with Crippen molar-refractivity contribution in [1.29, 1.82) is 0 Å². The Morgan fingerprint density at radius 2 is 1.95 bits per heavy atom. The number of nitrogens with zero attached hydrogens (tertiary/aromatic N) is 4. The highest BCUT2D eigenvalue weighted by atomic mass is 32.2. The minimum Gasteiger partial charge on any atom is -0.760 e. The lowest BCUT2D eigenvalue weighted by Crippen LogP contribution is -2.38. The molecule has 0 saturated carbocycles. The van der Waals surface area contributed by atoms with Gasteiger partial charge >= 0.3 is 0 Å². The van der Waals surface area contributed by atoms with E-state index in [4.69, 9.17) is 4.74 Å². The summed E-state index contributed by atoms with van der Waals surface area (Å²) in [5.74, 6) is -2.56. The Hall–Kier alpha value is -3.91. The number of hydrogen-bond donors (Lipinski definition) is 3. The molecule has 0 amide bonds. The van der Waals surface area contributed by atoms with Crippen LogP contribution in [0.4, 0.5) is 14.7 Å². The third-order valence-corrected chi connectivity index (χ3v) is 6.59. The zero-order valence-corrected chi connectivity index (χ0v) is 21.3. The number of nitrogens with one attached hydrogen (secondary N) is 3. The van der Waals surface area contributed by atoms with E-state index in [0.29, 0.717) is 22.8 Å². The average Bonchev–Trinajstić information content (AvgIpc) is 2.96. The Kier molecular flexibility index (Phi) is 8.42. The lowest BCUT2D eigenvalue weighted by molar-refractivity contribution is 0.401. The molecule has 4 aromatic rings. The first-order valence-corrected chi connectivity index (χ1v) is 13.2. The van der Waals surface area contributed by atoms with Crippen molar-refractivity contribution in [1.82, 2.24) is 30.0 Å². The van der Waals surface area contributed by atoms with Crippen LogP contribution in [0, 0.1) is 11.6 Å². The van der Waals surface area contributed by atoms with Crippen molar-refractivity contribution in [3.63, 3.8) is 0 Å². The maximum Gasteiger partial charge on any atom is 0.228 e. The van der Waals surface area contributed by atoms with Gasteiger partial charge in [-0.2, -0.15) is 4.39 Å². The number of pyridine rings is 2. The maximum atomic E-state index is 15.3. The van der Waals surface area contributed by atoms with Gasteiger partial charge in [0.25, 0.3) is 0 Å². The molecule has 0 aliphatic carbocycles. The Labute approximate surface area is 225 Å². The number of anilines is 1. The number of benzene rings is 1. The van der Waals surface area contributed by atoms with E-state index in [2.05, 4.69) is 35.3 Å². The Morgan fingerprint density at radius 1 is 1.08 bits per heavy atom.